The lowest BCUT2D eigenvalue weighted by Crippen LogP contribution is -2.51. The van der Waals surface area contributed by atoms with Gasteiger partial charge in [-0.2, -0.15) is 0 Å². The molecule has 0 N–H and O–H groups in total. The van der Waals surface area contributed by atoms with Crippen LogP contribution in [-0.4, -0.2) is 18.0 Å². The number of rotatable bonds is 0. The number of hydrogen-bond donors (Lipinski definition) is 0. The molecule has 3 saturated carbocycles. The zero-order chi connectivity index (χ0) is 15.8. The van der Waals surface area contributed by atoms with Gasteiger partial charge in [-0.15, -0.1) is 0 Å². The first-order chi connectivity index (χ1) is 11.0. The maximum atomic E-state index is 11.9. The maximum Gasteiger partial charge on any atom is 0.155 e. The van der Waals surface area contributed by atoms with Gasteiger partial charge in [-0.25, -0.2) is 0 Å². The van der Waals surface area contributed by atoms with E-state index in [1.807, 2.05) is 6.08 Å². The molecule has 1 spiro atoms. The van der Waals surface area contributed by atoms with Crippen LogP contribution in [0.25, 0.3) is 0 Å². The predicted molar refractivity (Wildman–Crippen MR) is 92.5 cm³/mol. The van der Waals surface area contributed by atoms with E-state index in [1.54, 1.807) is 0 Å². The SMILES string of the molecule is CC1N=CC23CCC4C(CCC5=CC(=O)CCC54C)C2CCC13. The van der Waals surface area contributed by atoms with E-state index in [-0.39, 0.29) is 0 Å². The van der Waals surface area contributed by atoms with E-state index in [0.717, 1.165) is 36.5 Å². The van der Waals surface area contributed by atoms with Crippen molar-refractivity contribution in [3.63, 3.8) is 0 Å². The summed E-state index contributed by atoms with van der Waals surface area (Å²) in [6, 6.07) is 0.554. The standard InChI is InChI=1S/C21H29NO/c1-13-17-5-6-19-16-4-3-14-11-15(23)7-9-20(14,2)18(16)8-10-21(17,19)12-22-13/h11-13,16-19H,3-10H2,1-2H3. The van der Waals surface area contributed by atoms with Gasteiger partial charge in [0.05, 0.1) is 6.04 Å². The summed E-state index contributed by atoms with van der Waals surface area (Å²) in [5.74, 6) is 3.76. The summed E-state index contributed by atoms with van der Waals surface area (Å²) >= 11 is 0. The van der Waals surface area contributed by atoms with Gasteiger partial charge in [0.2, 0.25) is 0 Å². The molecule has 5 rings (SSSR count). The number of carbonyl (C=O) groups excluding carboxylic acids is 1. The Bertz CT molecular complexity index is 619. The predicted octanol–water partition coefficient (Wildman–Crippen LogP) is 4.59. The first-order valence-corrected chi connectivity index (χ1v) is 9.83. The molecule has 0 amide bonds. The summed E-state index contributed by atoms with van der Waals surface area (Å²) in [6.07, 6.45) is 14.4. The number of carbonyl (C=O) groups is 1. The quantitative estimate of drug-likeness (QED) is 0.643. The maximum absolute atomic E-state index is 11.9. The summed E-state index contributed by atoms with van der Waals surface area (Å²) in [5, 5.41) is 0. The first kappa shape index (κ1) is 14.4. The van der Waals surface area contributed by atoms with Crippen LogP contribution >= 0.6 is 0 Å². The molecule has 2 heteroatoms. The highest BCUT2D eigenvalue weighted by atomic mass is 16.1. The minimum absolute atomic E-state index is 0.317. The molecule has 5 aliphatic rings. The zero-order valence-electron chi connectivity index (χ0n) is 14.6. The van der Waals surface area contributed by atoms with Crippen molar-refractivity contribution in [2.24, 2.45) is 39.5 Å². The Morgan fingerprint density at radius 2 is 1.87 bits per heavy atom. The van der Waals surface area contributed by atoms with Gasteiger partial charge < -0.3 is 0 Å². The number of nitrogens with zero attached hydrogens (tertiary/aromatic N) is 1. The second-order valence-corrected chi connectivity index (χ2v) is 9.32. The molecule has 1 aliphatic heterocycles. The Balaban J connectivity index is 1.51. The summed E-state index contributed by atoms with van der Waals surface area (Å²) in [4.78, 5) is 16.8. The summed E-state index contributed by atoms with van der Waals surface area (Å²) in [5.41, 5.74) is 2.26. The number of hydrogen-bond acceptors (Lipinski definition) is 2. The normalized spacial score (nSPS) is 54.1. The fourth-order valence-corrected chi connectivity index (χ4v) is 7.63. The van der Waals surface area contributed by atoms with Crippen LogP contribution in [0.5, 0.6) is 0 Å². The molecule has 0 aromatic rings. The molecule has 124 valence electrons. The third kappa shape index (κ3) is 1.71. The van der Waals surface area contributed by atoms with Crippen molar-refractivity contribution in [2.75, 3.05) is 0 Å². The van der Waals surface area contributed by atoms with E-state index in [4.69, 9.17) is 4.99 Å². The van der Waals surface area contributed by atoms with Gasteiger partial charge in [-0.05, 0) is 87.0 Å². The van der Waals surface area contributed by atoms with Crippen molar-refractivity contribution >= 4 is 12.0 Å². The van der Waals surface area contributed by atoms with E-state index >= 15 is 0 Å². The van der Waals surface area contributed by atoms with E-state index in [0.29, 0.717) is 22.7 Å². The number of aliphatic imine (C=N–C) groups is 1. The largest absolute Gasteiger partial charge is 0.295 e. The second kappa shape index (κ2) is 4.58. The molecule has 1 heterocycles. The monoisotopic (exact) mass is 311 g/mol. The molecule has 23 heavy (non-hydrogen) atoms. The molecular formula is C21H29NO. The number of allylic oxidation sites excluding steroid dienone is 1. The van der Waals surface area contributed by atoms with Crippen molar-refractivity contribution in [3.8, 4) is 0 Å². The summed E-state index contributed by atoms with van der Waals surface area (Å²) < 4.78 is 0. The van der Waals surface area contributed by atoms with Crippen LogP contribution in [0.1, 0.15) is 65.2 Å². The van der Waals surface area contributed by atoms with Crippen LogP contribution in [0.15, 0.2) is 16.6 Å². The van der Waals surface area contributed by atoms with Crippen LogP contribution in [0.4, 0.5) is 0 Å². The summed E-state index contributed by atoms with van der Waals surface area (Å²) in [6.45, 7) is 4.82. The number of fused-ring (bicyclic) bond motifs is 4. The molecule has 3 fully saturated rings. The summed E-state index contributed by atoms with van der Waals surface area (Å²) in [7, 11) is 0. The average molecular weight is 311 g/mol. The van der Waals surface area contributed by atoms with Crippen molar-refractivity contribution in [2.45, 2.75) is 71.3 Å². The Labute approximate surface area is 139 Å². The molecule has 7 atom stereocenters. The molecule has 0 aromatic heterocycles. The van der Waals surface area contributed by atoms with E-state index in [2.05, 4.69) is 20.1 Å². The topological polar surface area (TPSA) is 29.4 Å². The smallest absolute Gasteiger partial charge is 0.155 e. The first-order valence-electron chi connectivity index (χ1n) is 9.83. The van der Waals surface area contributed by atoms with Gasteiger partial charge in [0, 0.05) is 18.1 Å². The highest BCUT2D eigenvalue weighted by Gasteiger charge is 2.62. The molecule has 4 aliphatic carbocycles. The molecular weight excluding hydrogens is 282 g/mol. The van der Waals surface area contributed by atoms with E-state index in [1.165, 1.54) is 44.1 Å². The van der Waals surface area contributed by atoms with Gasteiger partial charge in [-0.1, -0.05) is 12.5 Å². The van der Waals surface area contributed by atoms with Crippen LogP contribution in [-0.2, 0) is 4.79 Å². The van der Waals surface area contributed by atoms with Crippen LogP contribution in [0, 0.1) is 34.5 Å². The van der Waals surface area contributed by atoms with Gasteiger partial charge >= 0.3 is 0 Å². The Morgan fingerprint density at radius 3 is 2.74 bits per heavy atom. The number of ketones is 1. The fraction of sp³-hybridized carbons (Fsp3) is 0.810. The molecule has 2 nitrogen and oxygen atoms in total. The van der Waals surface area contributed by atoms with Crippen LogP contribution in [0.2, 0.25) is 0 Å². The lowest BCUT2D eigenvalue weighted by Gasteiger charge is -2.57. The van der Waals surface area contributed by atoms with Gasteiger partial charge in [0.15, 0.2) is 5.78 Å². The molecule has 0 aromatic carbocycles. The molecule has 0 radical (unpaired) electrons. The van der Waals surface area contributed by atoms with Crippen LogP contribution in [0.3, 0.4) is 0 Å². The van der Waals surface area contributed by atoms with Crippen molar-refractivity contribution in [3.05, 3.63) is 11.6 Å². The van der Waals surface area contributed by atoms with Gasteiger partial charge in [0.25, 0.3) is 0 Å². The third-order valence-electron chi connectivity index (χ3n) is 8.75. The Hall–Kier alpha value is -0.920. The lowest BCUT2D eigenvalue weighted by molar-refractivity contribution is -0.117. The van der Waals surface area contributed by atoms with Gasteiger partial charge in [-0.3, -0.25) is 9.79 Å². The molecule has 0 bridgehead atoms. The Kier molecular flexibility index (Phi) is 2.87. The zero-order valence-corrected chi connectivity index (χ0v) is 14.6. The lowest BCUT2D eigenvalue weighted by atomic mass is 9.47. The van der Waals surface area contributed by atoms with Crippen molar-refractivity contribution < 1.29 is 4.79 Å². The third-order valence-corrected chi connectivity index (χ3v) is 8.75. The second-order valence-electron chi connectivity index (χ2n) is 9.32. The average Bonchev–Trinajstić information content (AvgIpc) is 3.06. The van der Waals surface area contributed by atoms with Crippen molar-refractivity contribution in [1.82, 2.24) is 0 Å². The van der Waals surface area contributed by atoms with Crippen LogP contribution < -0.4 is 0 Å². The van der Waals surface area contributed by atoms with E-state index < -0.39 is 0 Å². The fourth-order valence-electron chi connectivity index (χ4n) is 7.63. The highest BCUT2D eigenvalue weighted by Crippen LogP contribution is 2.67. The minimum atomic E-state index is 0.317. The van der Waals surface area contributed by atoms with Crippen molar-refractivity contribution in [1.29, 1.82) is 0 Å². The Morgan fingerprint density at radius 1 is 1.04 bits per heavy atom. The highest BCUT2D eigenvalue weighted by molar-refractivity contribution is 5.91. The van der Waals surface area contributed by atoms with Gasteiger partial charge in [0.1, 0.15) is 0 Å². The van der Waals surface area contributed by atoms with E-state index in [9.17, 15) is 4.79 Å². The molecule has 7 unspecified atom stereocenters. The minimum Gasteiger partial charge on any atom is -0.295 e. The molecule has 0 saturated heterocycles.